The molecule has 1 saturated carbocycles. The summed E-state index contributed by atoms with van der Waals surface area (Å²) >= 11 is 0. The van der Waals surface area contributed by atoms with Crippen LogP contribution >= 0.6 is 12.4 Å². The molecule has 6 nitrogen and oxygen atoms in total. The Kier molecular flexibility index (Phi) is 6.78. The SMILES string of the molecule is Cl.NC1(C(=O)NCCCCN2C(=O)c3ccccc3C2=O)CCCCC1. The number of unbranched alkanes of at least 4 members (excludes halogenated alkanes) is 1. The van der Waals surface area contributed by atoms with E-state index in [2.05, 4.69) is 5.32 Å². The molecule has 0 bridgehead atoms. The lowest BCUT2D eigenvalue weighted by atomic mass is 9.82. The van der Waals surface area contributed by atoms with Crippen LogP contribution in [0, 0.1) is 0 Å². The van der Waals surface area contributed by atoms with Crippen LogP contribution in [0.25, 0.3) is 0 Å². The summed E-state index contributed by atoms with van der Waals surface area (Å²) < 4.78 is 0. The van der Waals surface area contributed by atoms with E-state index < -0.39 is 5.54 Å². The quantitative estimate of drug-likeness (QED) is 0.585. The number of hydrogen-bond donors (Lipinski definition) is 2. The van der Waals surface area contributed by atoms with Crippen LogP contribution in [-0.2, 0) is 4.79 Å². The summed E-state index contributed by atoms with van der Waals surface area (Å²) in [6.07, 6.45) is 6.00. The Labute approximate surface area is 159 Å². The predicted molar refractivity (Wildman–Crippen MR) is 101 cm³/mol. The van der Waals surface area contributed by atoms with Gasteiger partial charge in [-0.3, -0.25) is 19.3 Å². The first-order valence-corrected chi connectivity index (χ1v) is 9.05. The number of nitrogens with zero attached hydrogens (tertiary/aromatic N) is 1. The van der Waals surface area contributed by atoms with Gasteiger partial charge in [0.2, 0.25) is 5.91 Å². The zero-order valence-corrected chi connectivity index (χ0v) is 15.6. The highest BCUT2D eigenvalue weighted by Gasteiger charge is 2.35. The van der Waals surface area contributed by atoms with E-state index in [1.54, 1.807) is 24.3 Å². The highest BCUT2D eigenvalue weighted by Crippen LogP contribution is 2.26. The van der Waals surface area contributed by atoms with Gasteiger partial charge in [-0.1, -0.05) is 31.4 Å². The third-order valence-electron chi connectivity index (χ3n) is 5.17. The fourth-order valence-corrected chi connectivity index (χ4v) is 3.62. The van der Waals surface area contributed by atoms with Gasteiger partial charge in [0.05, 0.1) is 16.7 Å². The number of benzene rings is 1. The number of hydrogen-bond acceptors (Lipinski definition) is 4. The van der Waals surface area contributed by atoms with Crippen molar-refractivity contribution in [1.29, 1.82) is 0 Å². The van der Waals surface area contributed by atoms with E-state index in [-0.39, 0.29) is 30.1 Å². The largest absolute Gasteiger partial charge is 0.355 e. The highest BCUT2D eigenvalue weighted by atomic mass is 35.5. The van der Waals surface area contributed by atoms with Gasteiger partial charge in [0.1, 0.15) is 0 Å². The summed E-state index contributed by atoms with van der Waals surface area (Å²) in [7, 11) is 0. The molecule has 0 saturated heterocycles. The van der Waals surface area contributed by atoms with Crippen LogP contribution in [0.5, 0.6) is 0 Å². The lowest BCUT2D eigenvalue weighted by molar-refractivity contribution is -0.127. The van der Waals surface area contributed by atoms with Gasteiger partial charge in [0, 0.05) is 13.1 Å². The molecule has 0 atom stereocenters. The number of imide groups is 1. The highest BCUT2D eigenvalue weighted by molar-refractivity contribution is 6.21. The van der Waals surface area contributed by atoms with Crippen LogP contribution < -0.4 is 11.1 Å². The Morgan fingerprint density at radius 2 is 1.62 bits per heavy atom. The molecule has 0 aromatic heterocycles. The van der Waals surface area contributed by atoms with Crippen LogP contribution in [0.2, 0.25) is 0 Å². The second kappa shape index (κ2) is 8.64. The van der Waals surface area contributed by atoms with Crippen LogP contribution in [0.3, 0.4) is 0 Å². The maximum Gasteiger partial charge on any atom is 0.261 e. The van der Waals surface area contributed by atoms with Crippen LogP contribution in [0.1, 0.15) is 65.7 Å². The first kappa shape index (κ1) is 20.4. The number of nitrogens with one attached hydrogen (secondary N) is 1. The molecule has 2 aliphatic rings. The first-order chi connectivity index (χ1) is 12.0. The van der Waals surface area contributed by atoms with E-state index in [1.807, 2.05) is 0 Å². The maximum absolute atomic E-state index is 12.2. The van der Waals surface area contributed by atoms with E-state index in [0.29, 0.717) is 37.1 Å². The molecule has 0 unspecified atom stereocenters. The summed E-state index contributed by atoms with van der Waals surface area (Å²) in [6.45, 7) is 0.886. The number of fused-ring (bicyclic) bond motifs is 1. The summed E-state index contributed by atoms with van der Waals surface area (Å²) in [6, 6.07) is 6.88. The van der Waals surface area contributed by atoms with Gasteiger partial charge in [0.15, 0.2) is 0 Å². The number of halogens is 1. The van der Waals surface area contributed by atoms with Gasteiger partial charge < -0.3 is 11.1 Å². The molecule has 3 amide bonds. The fourth-order valence-electron chi connectivity index (χ4n) is 3.62. The Balaban J connectivity index is 0.00000243. The number of rotatable bonds is 6. The molecule has 1 aliphatic heterocycles. The predicted octanol–water partition coefficient (Wildman–Crippen LogP) is 2.26. The average Bonchev–Trinajstić information content (AvgIpc) is 2.87. The lowest BCUT2D eigenvalue weighted by Gasteiger charge is -2.31. The number of carbonyl (C=O) groups is 3. The van der Waals surface area contributed by atoms with E-state index in [9.17, 15) is 14.4 Å². The van der Waals surface area contributed by atoms with Gasteiger partial charge in [-0.05, 0) is 37.8 Å². The monoisotopic (exact) mass is 379 g/mol. The third-order valence-corrected chi connectivity index (χ3v) is 5.17. The van der Waals surface area contributed by atoms with Crippen molar-refractivity contribution in [3.63, 3.8) is 0 Å². The first-order valence-electron chi connectivity index (χ1n) is 9.05. The summed E-state index contributed by atoms with van der Waals surface area (Å²) in [5.41, 5.74) is 6.42. The van der Waals surface area contributed by atoms with Gasteiger partial charge >= 0.3 is 0 Å². The van der Waals surface area contributed by atoms with Crippen molar-refractivity contribution in [2.24, 2.45) is 5.73 Å². The van der Waals surface area contributed by atoms with Crippen LogP contribution in [0.4, 0.5) is 0 Å². The van der Waals surface area contributed by atoms with Gasteiger partial charge in [-0.15, -0.1) is 12.4 Å². The molecule has 7 heteroatoms. The van der Waals surface area contributed by atoms with Crippen molar-refractivity contribution in [3.05, 3.63) is 35.4 Å². The Morgan fingerprint density at radius 1 is 1.04 bits per heavy atom. The molecule has 0 spiro atoms. The minimum absolute atomic E-state index is 0. The van der Waals surface area contributed by atoms with Crippen molar-refractivity contribution in [1.82, 2.24) is 10.2 Å². The van der Waals surface area contributed by atoms with E-state index in [0.717, 1.165) is 32.1 Å². The van der Waals surface area contributed by atoms with E-state index in [4.69, 9.17) is 5.73 Å². The number of carbonyl (C=O) groups excluding carboxylic acids is 3. The molecule has 1 aliphatic carbocycles. The third kappa shape index (κ3) is 4.07. The van der Waals surface area contributed by atoms with Crippen molar-refractivity contribution < 1.29 is 14.4 Å². The average molecular weight is 380 g/mol. The zero-order chi connectivity index (χ0) is 17.9. The normalized spacial score (nSPS) is 18.3. The molecule has 3 rings (SSSR count). The summed E-state index contributed by atoms with van der Waals surface area (Å²) in [4.78, 5) is 38.0. The molecule has 1 fully saturated rings. The van der Waals surface area contributed by atoms with E-state index >= 15 is 0 Å². The Bertz CT molecular complexity index is 651. The molecule has 1 aromatic carbocycles. The van der Waals surface area contributed by atoms with Crippen molar-refractivity contribution in [2.75, 3.05) is 13.1 Å². The number of amides is 3. The van der Waals surface area contributed by atoms with Crippen LogP contribution in [-0.4, -0.2) is 41.2 Å². The van der Waals surface area contributed by atoms with Crippen molar-refractivity contribution >= 4 is 30.1 Å². The molecule has 1 heterocycles. The molecule has 0 radical (unpaired) electrons. The lowest BCUT2D eigenvalue weighted by Crippen LogP contribution is -2.55. The Hall–Kier alpha value is -1.92. The summed E-state index contributed by atoms with van der Waals surface area (Å²) in [5, 5.41) is 2.91. The molecular weight excluding hydrogens is 354 g/mol. The fraction of sp³-hybridized carbons (Fsp3) is 0.526. The summed E-state index contributed by atoms with van der Waals surface area (Å²) in [5.74, 6) is -0.534. The second-order valence-corrected chi connectivity index (χ2v) is 6.99. The molecular formula is C19H26ClN3O3. The van der Waals surface area contributed by atoms with Crippen molar-refractivity contribution in [2.45, 2.75) is 50.5 Å². The smallest absolute Gasteiger partial charge is 0.261 e. The van der Waals surface area contributed by atoms with E-state index in [1.165, 1.54) is 4.90 Å². The van der Waals surface area contributed by atoms with Crippen molar-refractivity contribution in [3.8, 4) is 0 Å². The minimum Gasteiger partial charge on any atom is -0.355 e. The maximum atomic E-state index is 12.2. The van der Waals surface area contributed by atoms with Gasteiger partial charge in [-0.2, -0.15) is 0 Å². The molecule has 26 heavy (non-hydrogen) atoms. The molecule has 3 N–H and O–H groups in total. The molecule has 1 aromatic rings. The standard InChI is InChI=1S/C19H25N3O3.ClH/c20-19(10-4-1-5-11-19)18(25)21-12-6-7-13-22-16(23)14-8-2-3-9-15(14)17(22)24;/h2-3,8-9H,1,4-7,10-13,20H2,(H,21,25);1H. The molecule has 142 valence electrons. The van der Waals surface area contributed by atoms with Gasteiger partial charge in [0.25, 0.3) is 11.8 Å². The van der Waals surface area contributed by atoms with Crippen LogP contribution in [0.15, 0.2) is 24.3 Å². The Morgan fingerprint density at radius 3 is 2.19 bits per heavy atom. The topological polar surface area (TPSA) is 92.5 Å². The van der Waals surface area contributed by atoms with Gasteiger partial charge in [-0.25, -0.2) is 0 Å². The minimum atomic E-state index is -0.721. The zero-order valence-electron chi connectivity index (χ0n) is 14.8. The number of nitrogens with two attached hydrogens (primary N) is 1. The second-order valence-electron chi connectivity index (χ2n) is 6.99.